The number of ether oxygens (including phenoxy) is 1. The van der Waals surface area contributed by atoms with E-state index in [1.807, 2.05) is 6.92 Å². The van der Waals surface area contributed by atoms with E-state index in [1.165, 1.54) is 0 Å². The van der Waals surface area contributed by atoms with Gasteiger partial charge in [0.25, 0.3) is 5.91 Å². The summed E-state index contributed by atoms with van der Waals surface area (Å²) in [5.74, 6) is -0.709. The lowest BCUT2D eigenvalue weighted by Crippen LogP contribution is -2.14. The van der Waals surface area contributed by atoms with E-state index in [2.05, 4.69) is 10.3 Å². The summed E-state index contributed by atoms with van der Waals surface area (Å²) in [4.78, 5) is 27.9. The molecule has 2 aromatic rings. The van der Waals surface area contributed by atoms with E-state index in [-0.39, 0.29) is 11.9 Å². The molecule has 5 nitrogen and oxygen atoms in total. The van der Waals surface area contributed by atoms with Crippen molar-refractivity contribution in [2.24, 2.45) is 0 Å². The number of nitrogens with one attached hydrogen (secondary N) is 1. The maximum absolute atomic E-state index is 12.0. The Balaban J connectivity index is 2.02. The van der Waals surface area contributed by atoms with Crippen molar-refractivity contribution in [3.05, 3.63) is 59.9 Å². The van der Waals surface area contributed by atoms with Crippen molar-refractivity contribution >= 4 is 17.6 Å². The van der Waals surface area contributed by atoms with E-state index in [9.17, 15) is 9.59 Å². The average molecular weight is 298 g/mol. The van der Waals surface area contributed by atoms with Gasteiger partial charge in [-0.1, -0.05) is 25.5 Å². The van der Waals surface area contributed by atoms with Gasteiger partial charge in [-0.25, -0.2) is 4.79 Å². The van der Waals surface area contributed by atoms with E-state index < -0.39 is 0 Å². The second-order valence-corrected chi connectivity index (χ2v) is 4.74. The topological polar surface area (TPSA) is 68.3 Å². The van der Waals surface area contributed by atoms with Gasteiger partial charge in [-0.2, -0.15) is 0 Å². The van der Waals surface area contributed by atoms with Gasteiger partial charge in [0.2, 0.25) is 0 Å². The highest BCUT2D eigenvalue weighted by atomic mass is 16.5. The van der Waals surface area contributed by atoms with Crippen LogP contribution < -0.4 is 5.32 Å². The molecule has 1 heterocycles. The van der Waals surface area contributed by atoms with Crippen LogP contribution in [0, 0.1) is 0 Å². The van der Waals surface area contributed by atoms with Crippen LogP contribution in [-0.2, 0) is 4.74 Å². The Bertz CT molecular complexity index is 641. The Hall–Kier alpha value is -2.69. The normalized spacial score (nSPS) is 10.0. The van der Waals surface area contributed by atoms with Crippen LogP contribution in [-0.4, -0.2) is 23.5 Å². The fraction of sp³-hybridized carbons (Fsp3) is 0.235. The third kappa shape index (κ3) is 4.41. The summed E-state index contributed by atoms with van der Waals surface area (Å²) in [6.45, 7) is 2.43. The first-order chi connectivity index (χ1) is 10.7. The van der Waals surface area contributed by atoms with Crippen LogP contribution in [0.4, 0.5) is 5.69 Å². The molecule has 0 saturated heterocycles. The summed E-state index contributed by atoms with van der Waals surface area (Å²) in [6.07, 6.45) is 3.35. The van der Waals surface area contributed by atoms with Crippen LogP contribution in [0.3, 0.4) is 0 Å². The zero-order valence-corrected chi connectivity index (χ0v) is 12.4. The highest BCUT2D eigenvalue weighted by Gasteiger charge is 2.10. The smallest absolute Gasteiger partial charge is 0.338 e. The Morgan fingerprint density at radius 2 is 2.05 bits per heavy atom. The molecule has 0 saturated carbocycles. The molecular formula is C17H18N2O3. The van der Waals surface area contributed by atoms with E-state index >= 15 is 0 Å². The van der Waals surface area contributed by atoms with Crippen molar-refractivity contribution in [2.75, 3.05) is 11.9 Å². The second-order valence-electron chi connectivity index (χ2n) is 4.74. The van der Waals surface area contributed by atoms with Gasteiger partial charge >= 0.3 is 5.97 Å². The molecule has 2 rings (SSSR count). The number of esters is 1. The number of aromatic nitrogens is 1. The lowest BCUT2D eigenvalue weighted by molar-refractivity contribution is 0.0499. The maximum atomic E-state index is 12.0. The summed E-state index contributed by atoms with van der Waals surface area (Å²) in [6, 6.07) is 11.8. The summed E-state index contributed by atoms with van der Waals surface area (Å²) >= 11 is 0. The number of hydrogen-bond acceptors (Lipinski definition) is 4. The molecule has 0 bridgehead atoms. The number of nitrogens with zero attached hydrogens (tertiary/aromatic N) is 1. The lowest BCUT2D eigenvalue weighted by atomic mass is 10.2. The number of benzene rings is 1. The Labute approximate surface area is 129 Å². The molecule has 1 N–H and O–H groups in total. The zero-order valence-electron chi connectivity index (χ0n) is 12.4. The molecule has 0 spiro atoms. The first kappa shape index (κ1) is 15.7. The highest BCUT2D eigenvalue weighted by Crippen LogP contribution is 2.13. The largest absolute Gasteiger partial charge is 0.462 e. The molecule has 114 valence electrons. The quantitative estimate of drug-likeness (QED) is 0.656. The number of carbonyl (C=O) groups excluding carboxylic acids is 2. The van der Waals surface area contributed by atoms with Gasteiger partial charge < -0.3 is 10.1 Å². The summed E-state index contributed by atoms with van der Waals surface area (Å²) < 4.78 is 5.15. The number of pyridine rings is 1. The molecule has 0 unspecified atom stereocenters. The molecule has 1 aromatic carbocycles. The Kier molecular flexibility index (Phi) is 5.65. The van der Waals surface area contributed by atoms with Crippen molar-refractivity contribution in [3.63, 3.8) is 0 Å². The average Bonchev–Trinajstić information content (AvgIpc) is 2.56. The van der Waals surface area contributed by atoms with Crippen LogP contribution in [0.25, 0.3) is 0 Å². The van der Waals surface area contributed by atoms with Gasteiger partial charge in [-0.15, -0.1) is 0 Å². The van der Waals surface area contributed by atoms with Crippen LogP contribution in [0.15, 0.2) is 48.7 Å². The molecule has 0 fully saturated rings. The molecule has 5 heteroatoms. The number of rotatable bonds is 6. The summed E-state index contributed by atoms with van der Waals surface area (Å²) in [5.41, 5.74) is 1.26. The fourth-order valence-electron chi connectivity index (χ4n) is 1.81. The predicted molar refractivity (Wildman–Crippen MR) is 83.8 cm³/mol. The van der Waals surface area contributed by atoms with Crippen LogP contribution in [0.2, 0.25) is 0 Å². The monoisotopic (exact) mass is 298 g/mol. The van der Waals surface area contributed by atoms with Crippen molar-refractivity contribution in [3.8, 4) is 0 Å². The van der Waals surface area contributed by atoms with E-state index in [1.54, 1.807) is 48.7 Å². The van der Waals surface area contributed by atoms with Crippen molar-refractivity contribution in [2.45, 2.75) is 19.8 Å². The molecule has 0 atom stereocenters. The van der Waals surface area contributed by atoms with Gasteiger partial charge in [0.05, 0.1) is 12.2 Å². The third-order valence-electron chi connectivity index (χ3n) is 2.98. The molecule has 0 aliphatic heterocycles. The van der Waals surface area contributed by atoms with E-state index in [4.69, 9.17) is 4.74 Å². The standard InChI is InChI=1S/C17H18N2O3/c1-2-3-11-22-17(21)13-7-6-8-14(12-13)19-16(20)15-9-4-5-10-18-15/h4-10,12H,2-3,11H2,1H3,(H,19,20). The van der Waals surface area contributed by atoms with E-state index in [0.29, 0.717) is 23.6 Å². The first-order valence-electron chi connectivity index (χ1n) is 7.20. The number of unbranched alkanes of at least 4 members (excludes halogenated alkanes) is 1. The van der Waals surface area contributed by atoms with Gasteiger partial charge in [0.15, 0.2) is 0 Å². The molecule has 0 aliphatic rings. The fourth-order valence-corrected chi connectivity index (χ4v) is 1.81. The number of anilines is 1. The molecule has 1 amide bonds. The maximum Gasteiger partial charge on any atom is 0.338 e. The predicted octanol–water partition coefficient (Wildman–Crippen LogP) is 3.29. The molecule has 22 heavy (non-hydrogen) atoms. The highest BCUT2D eigenvalue weighted by molar-refractivity contribution is 6.03. The number of carbonyl (C=O) groups is 2. The second kappa shape index (κ2) is 7.93. The molecular weight excluding hydrogens is 280 g/mol. The van der Waals surface area contributed by atoms with Crippen molar-refractivity contribution in [1.82, 2.24) is 4.98 Å². The Morgan fingerprint density at radius 3 is 2.77 bits per heavy atom. The van der Waals surface area contributed by atoms with Gasteiger partial charge in [-0.05, 0) is 36.8 Å². The molecule has 0 aliphatic carbocycles. The zero-order chi connectivity index (χ0) is 15.8. The first-order valence-corrected chi connectivity index (χ1v) is 7.20. The lowest BCUT2D eigenvalue weighted by Gasteiger charge is -2.07. The molecule has 0 radical (unpaired) electrons. The summed E-state index contributed by atoms with van der Waals surface area (Å²) in [5, 5.41) is 2.71. The van der Waals surface area contributed by atoms with Crippen LogP contribution in [0.1, 0.15) is 40.6 Å². The van der Waals surface area contributed by atoms with Crippen LogP contribution in [0.5, 0.6) is 0 Å². The minimum Gasteiger partial charge on any atom is -0.462 e. The van der Waals surface area contributed by atoms with Crippen molar-refractivity contribution < 1.29 is 14.3 Å². The molecule has 1 aromatic heterocycles. The minimum absolute atomic E-state index is 0.318. The number of hydrogen-bond donors (Lipinski definition) is 1. The van der Waals surface area contributed by atoms with Crippen molar-refractivity contribution in [1.29, 1.82) is 0 Å². The van der Waals surface area contributed by atoms with Crippen LogP contribution >= 0.6 is 0 Å². The SMILES string of the molecule is CCCCOC(=O)c1cccc(NC(=O)c2ccccn2)c1. The minimum atomic E-state index is -0.387. The van der Waals surface area contributed by atoms with Gasteiger partial charge in [0.1, 0.15) is 5.69 Å². The van der Waals surface area contributed by atoms with Gasteiger partial charge in [-0.3, -0.25) is 9.78 Å². The summed E-state index contributed by atoms with van der Waals surface area (Å²) in [7, 11) is 0. The Morgan fingerprint density at radius 1 is 1.18 bits per heavy atom. The number of amides is 1. The van der Waals surface area contributed by atoms with Gasteiger partial charge in [0, 0.05) is 11.9 Å². The van der Waals surface area contributed by atoms with E-state index in [0.717, 1.165) is 12.8 Å². The third-order valence-corrected chi connectivity index (χ3v) is 2.98.